The topological polar surface area (TPSA) is 57.5 Å². The lowest BCUT2D eigenvalue weighted by Gasteiger charge is -2.17. The fraction of sp³-hybridized carbons (Fsp3) is 0.364. The minimum absolute atomic E-state index is 0.146. The highest BCUT2D eigenvalue weighted by molar-refractivity contribution is 5.67. The van der Waals surface area contributed by atoms with Crippen molar-refractivity contribution in [2.45, 2.75) is 25.4 Å². The molecule has 0 heterocycles. The van der Waals surface area contributed by atoms with Crippen molar-refractivity contribution < 1.29 is 15.0 Å². The molecule has 2 N–H and O–H groups in total. The number of hydrogen-bond acceptors (Lipinski definition) is 2. The Labute approximate surface area is 83.0 Å². The first-order chi connectivity index (χ1) is 6.61. The average molecular weight is 194 g/mol. The third-order valence-corrected chi connectivity index (χ3v) is 2.29. The number of carbonyl (C=O) groups is 1. The van der Waals surface area contributed by atoms with Crippen LogP contribution in [0.4, 0.5) is 0 Å². The van der Waals surface area contributed by atoms with Crippen LogP contribution in [0, 0.1) is 0 Å². The van der Waals surface area contributed by atoms with Crippen molar-refractivity contribution >= 4 is 5.97 Å². The lowest BCUT2D eigenvalue weighted by molar-refractivity contribution is -0.139. The summed E-state index contributed by atoms with van der Waals surface area (Å²) < 4.78 is 0. The second-order valence-electron chi connectivity index (χ2n) is 3.36. The van der Waals surface area contributed by atoms with Gasteiger partial charge in [0.05, 0.1) is 12.5 Å². The van der Waals surface area contributed by atoms with E-state index >= 15 is 0 Å². The highest BCUT2D eigenvalue weighted by Gasteiger charge is 2.18. The van der Waals surface area contributed by atoms with Crippen molar-refractivity contribution in [2.75, 3.05) is 0 Å². The maximum Gasteiger partial charge on any atom is 0.305 e. The number of rotatable bonds is 4. The van der Waals surface area contributed by atoms with Crippen molar-refractivity contribution in [3.05, 3.63) is 35.9 Å². The summed E-state index contributed by atoms with van der Waals surface area (Å²) in [6, 6.07) is 9.41. The predicted molar refractivity (Wildman–Crippen MR) is 53.1 cm³/mol. The van der Waals surface area contributed by atoms with E-state index < -0.39 is 12.1 Å². The first kappa shape index (κ1) is 10.7. The number of hydrogen-bond donors (Lipinski definition) is 2. The average Bonchev–Trinajstić information content (AvgIpc) is 2.17. The Morgan fingerprint density at radius 1 is 1.36 bits per heavy atom. The number of aliphatic hydroxyl groups is 1. The molecule has 2 atom stereocenters. The molecule has 1 rings (SSSR count). The van der Waals surface area contributed by atoms with Crippen LogP contribution in [-0.4, -0.2) is 22.3 Å². The molecule has 0 bridgehead atoms. The number of carboxylic acid groups (broad SMARTS) is 1. The van der Waals surface area contributed by atoms with E-state index in [1.807, 2.05) is 37.3 Å². The predicted octanol–water partition coefficient (Wildman–Crippen LogP) is 1.63. The third-order valence-electron chi connectivity index (χ3n) is 2.29. The molecule has 0 fully saturated rings. The minimum atomic E-state index is -0.972. The minimum Gasteiger partial charge on any atom is -0.481 e. The SMILES string of the molecule is CC(c1ccccc1)C(O)CC(=O)O. The summed E-state index contributed by atoms with van der Waals surface area (Å²) in [7, 11) is 0. The largest absolute Gasteiger partial charge is 0.481 e. The van der Waals surface area contributed by atoms with E-state index in [1.165, 1.54) is 0 Å². The molecule has 1 aromatic rings. The lowest BCUT2D eigenvalue weighted by Crippen LogP contribution is -2.19. The fourth-order valence-corrected chi connectivity index (χ4v) is 1.33. The van der Waals surface area contributed by atoms with Gasteiger partial charge in [0, 0.05) is 5.92 Å². The van der Waals surface area contributed by atoms with Crippen molar-refractivity contribution in [3.63, 3.8) is 0 Å². The van der Waals surface area contributed by atoms with Crippen molar-refractivity contribution in [2.24, 2.45) is 0 Å². The molecule has 0 aromatic heterocycles. The van der Waals surface area contributed by atoms with E-state index in [0.717, 1.165) is 5.56 Å². The Morgan fingerprint density at radius 2 is 1.93 bits per heavy atom. The second-order valence-corrected chi connectivity index (χ2v) is 3.36. The van der Waals surface area contributed by atoms with Crippen LogP contribution in [0.2, 0.25) is 0 Å². The van der Waals surface area contributed by atoms with Crippen LogP contribution in [0.1, 0.15) is 24.8 Å². The van der Waals surface area contributed by atoms with Gasteiger partial charge < -0.3 is 10.2 Å². The van der Waals surface area contributed by atoms with Crippen LogP contribution in [0.15, 0.2) is 30.3 Å². The molecule has 0 amide bonds. The van der Waals surface area contributed by atoms with Gasteiger partial charge in [0.15, 0.2) is 0 Å². The lowest BCUT2D eigenvalue weighted by atomic mass is 9.94. The van der Waals surface area contributed by atoms with E-state index in [2.05, 4.69) is 0 Å². The Hall–Kier alpha value is -1.35. The number of carboxylic acids is 1. The van der Waals surface area contributed by atoms with Crippen LogP contribution >= 0.6 is 0 Å². The Balaban J connectivity index is 2.65. The maximum atomic E-state index is 10.4. The molecular weight excluding hydrogens is 180 g/mol. The van der Waals surface area contributed by atoms with Crippen LogP contribution in [0.25, 0.3) is 0 Å². The highest BCUT2D eigenvalue weighted by atomic mass is 16.4. The zero-order valence-electron chi connectivity index (χ0n) is 8.05. The van der Waals surface area contributed by atoms with Gasteiger partial charge in [-0.05, 0) is 5.56 Å². The summed E-state index contributed by atoms with van der Waals surface area (Å²) in [5.74, 6) is -1.12. The smallest absolute Gasteiger partial charge is 0.305 e. The van der Waals surface area contributed by atoms with E-state index in [1.54, 1.807) is 0 Å². The summed E-state index contributed by atoms with van der Waals surface area (Å²) >= 11 is 0. The normalized spacial score (nSPS) is 14.7. The Morgan fingerprint density at radius 3 is 2.43 bits per heavy atom. The molecule has 0 aliphatic rings. The van der Waals surface area contributed by atoms with Crippen LogP contribution in [-0.2, 0) is 4.79 Å². The summed E-state index contributed by atoms with van der Waals surface area (Å²) in [6.45, 7) is 1.82. The van der Waals surface area contributed by atoms with Gasteiger partial charge in [-0.2, -0.15) is 0 Å². The van der Waals surface area contributed by atoms with Crippen LogP contribution < -0.4 is 0 Å². The van der Waals surface area contributed by atoms with Gasteiger partial charge in [0.2, 0.25) is 0 Å². The van der Waals surface area contributed by atoms with Gasteiger partial charge >= 0.3 is 5.97 Å². The molecule has 0 saturated heterocycles. The van der Waals surface area contributed by atoms with Crippen molar-refractivity contribution in [1.29, 1.82) is 0 Å². The molecule has 0 saturated carbocycles. The zero-order chi connectivity index (χ0) is 10.6. The monoisotopic (exact) mass is 194 g/mol. The molecule has 3 nitrogen and oxygen atoms in total. The van der Waals surface area contributed by atoms with Gasteiger partial charge in [-0.1, -0.05) is 37.3 Å². The molecule has 0 aliphatic carbocycles. The first-order valence-corrected chi connectivity index (χ1v) is 4.56. The maximum absolute atomic E-state index is 10.4. The molecular formula is C11H14O3. The molecule has 76 valence electrons. The van der Waals surface area contributed by atoms with Crippen molar-refractivity contribution in [3.8, 4) is 0 Å². The molecule has 2 unspecified atom stereocenters. The summed E-state index contributed by atoms with van der Waals surface area (Å²) in [5, 5.41) is 18.1. The summed E-state index contributed by atoms with van der Waals surface area (Å²) in [4.78, 5) is 10.4. The molecule has 3 heteroatoms. The molecule has 0 radical (unpaired) electrons. The Bertz CT molecular complexity index is 295. The van der Waals surface area contributed by atoms with Crippen molar-refractivity contribution in [1.82, 2.24) is 0 Å². The molecule has 14 heavy (non-hydrogen) atoms. The van der Waals surface area contributed by atoms with Crippen LogP contribution in [0.3, 0.4) is 0 Å². The van der Waals surface area contributed by atoms with E-state index in [0.29, 0.717) is 0 Å². The third kappa shape index (κ3) is 2.85. The van der Waals surface area contributed by atoms with Gasteiger partial charge in [-0.25, -0.2) is 0 Å². The van der Waals surface area contributed by atoms with Crippen LogP contribution in [0.5, 0.6) is 0 Å². The van der Waals surface area contributed by atoms with E-state index in [-0.39, 0.29) is 12.3 Å². The number of benzene rings is 1. The second kappa shape index (κ2) is 4.77. The summed E-state index contributed by atoms with van der Waals surface area (Å²) in [6.07, 6.45) is -1.04. The molecule has 1 aromatic carbocycles. The van der Waals surface area contributed by atoms with Gasteiger partial charge in [0.1, 0.15) is 0 Å². The zero-order valence-corrected chi connectivity index (χ0v) is 8.05. The standard InChI is InChI=1S/C11H14O3/c1-8(10(12)7-11(13)14)9-5-3-2-4-6-9/h2-6,8,10,12H,7H2,1H3,(H,13,14). The first-order valence-electron chi connectivity index (χ1n) is 4.56. The molecule has 0 aliphatic heterocycles. The van der Waals surface area contributed by atoms with Gasteiger partial charge in [-0.15, -0.1) is 0 Å². The quantitative estimate of drug-likeness (QED) is 0.765. The Kier molecular flexibility index (Phi) is 3.65. The number of aliphatic hydroxyl groups excluding tert-OH is 1. The van der Waals surface area contributed by atoms with Gasteiger partial charge in [0.25, 0.3) is 0 Å². The highest BCUT2D eigenvalue weighted by Crippen LogP contribution is 2.20. The number of aliphatic carboxylic acids is 1. The van der Waals surface area contributed by atoms with E-state index in [9.17, 15) is 9.90 Å². The molecule has 0 spiro atoms. The van der Waals surface area contributed by atoms with E-state index in [4.69, 9.17) is 5.11 Å². The van der Waals surface area contributed by atoms with Gasteiger partial charge in [-0.3, -0.25) is 4.79 Å². The summed E-state index contributed by atoms with van der Waals surface area (Å²) in [5.41, 5.74) is 0.959. The fourth-order valence-electron chi connectivity index (χ4n) is 1.33.